The number of ether oxygens (including phenoxy) is 1. The molecule has 2 fully saturated rings. The van der Waals surface area contributed by atoms with Gasteiger partial charge in [-0.05, 0) is 61.6 Å². The van der Waals surface area contributed by atoms with Gasteiger partial charge in [-0.2, -0.15) is 17.5 Å². The summed E-state index contributed by atoms with van der Waals surface area (Å²) in [4.78, 5) is 15.1. The first kappa shape index (κ1) is 32.1. The Morgan fingerprint density at radius 2 is 1.64 bits per heavy atom. The van der Waals surface area contributed by atoms with Crippen molar-refractivity contribution >= 4 is 26.0 Å². The molecule has 0 unspecified atom stereocenters. The highest BCUT2D eigenvalue weighted by molar-refractivity contribution is 7.93. The van der Waals surface area contributed by atoms with Gasteiger partial charge in [-0.25, -0.2) is 21.6 Å². The number of amides is 1. The predicted octanol–water partition coefficient (Wildman–Crippen LogP) is 3.50. The molecule has 0 aromatic heterocycles. The van der Waals surface area contributed by atoms with Gasteiger partial charge in [0.05, 0.1) is 29.6 Å². The molecule has 2 saturated heterocycles. The lowest BCUT2D eigenvalue weighted by Gasteiger charge is -2.31. The van der Waals surface area contributed by atoms with Gasteiger partial charge in [-0.1, -0.05) is 30.8 Å². The molecular formula is C28H34F3N3O6S2. The van der Waals surface area contributed by atoms with Gasteiger partial charge >= 0.3 is 6.18 Å². The van der Waals surface area contributed by atoms with Crippen LogP contribution in [0.25, 0.3) is 0 Å². The molecule has 0 radical (unpaired) electrons. The van der Waals surface area contributed by atoms with E-state index in [9.17, 15) is 34.8 Å². The zero-order valence-corrected chi connectivity index (χ0v) is 24.8. The standard InChI is InChI=1S/C28H34F3N3O6S2/c1-20(2)41(36,37)32-19-24-4-3-13-34(24)42(38,39)25-11-7-22(8-12-25)26(27(35)33-14-16-40-17-15-33)18-21-5-9-23(10-6-21)28(29,30)31/h5-12,24,26,32H,1,3-4,13-19H2,2H3/t24-,26+/m1/s1. The minimum Gasteiger partial charge on any atom is -0.378 e. The molecule has 0 aliphatic carbocycles. The van der Waals surface area contributed by atoms with E-state index >= 15 is 0 Å². The molecule has 4 rings (SSSR count). The zero-order chi connectivity index (χ0) is 30.7. The van der Waals surface area contributed by atoms with Crippen LogP contribution in [0.5, 0.6) is 0 Å². The number of benzene rings is 2. The van der Waals surface area contributed by atoms with Crippen molar-refractivity contribution < 1.29 is 39.5 Å². The smallest absolute Gasteiger partial charge is 0.378 e. The molecule has 2 atom stereocenters. The van der Waals surface area contributed by atoms with E-state index in [1.165, 1.54) is 35.5 Å². The molecule has 42 heavy (non-hydrogen) atoms. The Morgan fingerprint density at radius 3 is 2.21 bits per heavy atom. The molecule has 1 N–H and O–H groups in total. The Morgan fingerprint density at radius 1 is 1.02 bits per heavy atom. The number of sulfonamides is 2. The molecule has 0 spiro atoms. The molecule has 2 aliphatic heterocycles. The average molecular weight is 630 g/mol. The second-order valence-electron chi connectivity index (χ2n) is 10.4. The first-order valence-corrected chi connectivity index (χ1v) is 16.4. The molecule has 0 bridgehead atoms. The Bertz CT molecular complexity index is 1490. The van der Waals surface area contributed by atoms with Gasteiger partial charge in [-0.3, -0.25) is 4.79 Å². The van der Waals surface area contributed by atoms with E-state index in [0.29, 0.717) is 50.3 Å². The van der Waals surface area contributed by atoms with Crippen molar-refractivity contribution in [3.8, 4) is 0 Å². The van der Waals surface area contributed by atoms with E-state index in [2.05, 4.69) is 11.3 Å². The Kier molecular flexibility index (Phi) is 9.82. The van der Waals surface area contributed by atoms with E-state index in [-0.39, 0.29) is 35.2 Å². The number of carbonyl (C=O) groups is 1. The molecule has 230 valence electrons. The number of hydrogen-bond acceptors (Lipinski definition) is 6. The Balaban J connectivity index is 1.57. The number of allylic oxidation sites excluding steroid dienone is 1. The van der Waals surface area contributed by atoms with E-state index in [0.717, 1.165) is 12.1 Å². The van der Waals surface area contributed by atoms with Gasteiger partial charge in [0.25, 0.3) is 0 Å². The van der Waals surface area contributed by atoms with Gasteiger partial charge in [0.15, 0.2) is 0 Å². The summed E-state index contributed by atoms with van der Waals surface area (Å²) in [6.45, 7) is 6.42. The molecule has 2 heterocycles. The second kappa shape index (κ2) is 12.8. The minimum atomic E-state index is -4.48. The quantitative estimate of drug-likeness (QED) is 0.431. The summed E-state index contributed by atoms with van der Waals surface area (Å²) in [6, 6.07) is 9.99. The van der Waals surface area contributed by atoms with Crippen molar-refractivity contribution in [1.29, 1.82) is 0 Å². The highest BCUT2D eigenvalue weighted by Gasteiger charge is 2.36. The fourth-order valence-corrected chi connectivity index (χ4v) is 7.43. The summed E-state index contributed by atoms with van der Waals surface area (Å²) in [7, 11) is -7.73. The third-order valence-corrected chi connectivity index (χ3v) is 11.0. The van der Waals surface area contributed by atoms with Crippen molar-refractivity contribution in [1.82, 2.24) is 13.9 Å². The highest BCUT2D eigenvalue weighted by atomic mass is 32.2. The van der Waals surface area contributed by atoms with Crippen molar-refractivity contribution in [3.05, 3.63) is 76.7 Å². The summed E-state index contributed by atoms with van der Waals surface area (Å²) in [5, 5.41) is 0. The van der Waals surface area contributed by atoms with Crippen LogP contribution in [0.3, 0.4) is 0 Å². The van der Waals surface area contributed by atoms with Crippen LogP contribution in [-0.4, -0.2) is 77.4 Å². The Labute approximate surface area is 244 Å². The molecule has 9 nitrogen and oxygen atoms in total. The van der Waals surface area contributed by atoms with E-state index in [1.54, 1.807) is 17.0 Å². The lowest BCUT2D eigenvalue weighted by molar-refractivity contribution is -0.138. The monoisotopic (exact) mass is 629 g/mol. The fourth-order valence-electron chi connectivity index (χ4n) is 5.08. The third kappa shape index (κ3) is 7.40. The number of carbonyl (C=O) groups excluding carboxylic acids is 1. The molecule has 2 aromatic carbocycles. The maximum absolute atomic E-state index is 13.6. The van der Waals surface area contributed by atoms with Gasteiger partial charge in [-0.15, -0.1) is 0 Å². The summed E-state index contributed by atoms with van der Waals surface area (Å²) in [5.74, 6) is -0.981. The number of hydrogen-bond donors (Lipinski definition) is 1. The number of nitrogens with zero attached hydrogens (tertiary/aromatic N) is 2. The fraction of sp³-hybridized carbons (Fsp3) is 0.464. The number of nitrogens with one attached hydrogen (secondary N) is 1. The van der Waals surface area contributed by atoms with Gasteiger partial charge in [0.1, 0.15) is 0 Å². The van der Waals surface area contributed by atoms with Crippen molar-refractivity contribution in [2.24, 2.45) is 0 Å². The summed E-state index contributed by atoms with van der Waals surface area (Å²) < 4.78 is 99.5. The van der Waals surface area contributed by atoms with Crippen LogP contribution in [0, 0.1) is 0 Å². The molecule has 14 heteroatoms. The van der Waals surface area contributed by atoms with Crippen LogP contribution < -0.4 is 4.72 Å². The maximum atomic E-state index is 13.6. The number of alkyl halides is 3. The summed E-state index contributed by atoms with van der Waals surface area (Å²) in [6.07, 6.45) is -3.30. The first-order valence-electron chi connectivity index (χ1n) is 13.5. The summed E-state index contributed by atoms with van der Waals surface area (Å²) >= 11 is 0. The average Bonchev–Trinajstić information content (AvgIpc) is 3.45. The third-order valence-electron chi connectivity index (χ3n) is 7.52. The minimum absolute atomic E-state index is 0.00647. The second-order valence-corrected chi connectivity index (χ2v) is 14.3. The van der Waals surface area contributed by atoms with E-state index in [4.69, 9.17) is 4.74 Å². The Hall–Kier alpha value is -2.78. The SMILES string of the molecule is C=C(C)S(=O)(=O)NC[C@H]1CCCN1S(=O)(=O)c1ccc([C@H](Cc2ccc(C(F)(F)F)cc2)C(=O)N2CCOCC2)cc1. The summed E-state index contributed by atoms with van der Waals surface area (Å²) in [5.41, 5.74) is 0.269. The predicted molar refractivity (Wildman–Crippen MR) is 150 cm³/mol. The normalized spacial score (nSPS) is 19.5. The van der Waals surface area contributed by atoms with Gasteiger partial charge in [0.2, 0.25) is 26.0 Å². The van der Waals surface area contributed by atoms with E-state index < -0.39 is 43.7 Å². The van der Waals surface area contributed by atoms with Gasteiger partial charge < -0.3 is 9.64 Å². The first-order chi connectivity index (χ1) is 19.7. The molecule has 2 aromatic rings. The van der Waals surface area contributed by atoms with Crippen LogP contribution in [0.15, 0.2) is 64.9 Å². The van der Waals surface area contributed by atoms with Crippen molar-refractivity contribution in [2.45, 2.75) is 49.2 Å². The molecular weight excluding hydrogens is 595 g/mol. The van der Waals surface area contributed by atoms with Crippen molar-refractivity contribution in [2.75, 3.05) is 39.4 Å². The maximum Gasteiger partial charge on any atom is 0.416 e. The largest absolute Gasteiger partial charge is 0.416 e. The topological polar surface area (TPSA) is 113 Å². The van der Waals surface area contributed by atoms with Crippen LogP contribution in [-0.2, 0) is 42.2 Å². The zero-order valence-electron chi connectivity index (χ0n) is 23.1. The van der Waals surface area contributed by atoms with Crippen LogP contribution in [0.4, 0.5) is 13.2 Å². The number of rotatable bonds is 10. The molecule has 0 saturated carbocycles. The lowest BCUT2D eigenvalue weighted by atomic mass is 9.90. The number of halogens is 3. The molecule has 1 amide bonds. The highest BCUT2D eigenvalue weighted by Crippen LogP contribution is 2.32. The van der Waals surface area contributed by atoms with Crippen molar-refractivity contribution in [3.63, 3.8) is 0 Å². The molecule has 2 aliphatic rings. The van der Waals surface area contributed by atoms with Crippen LogP contribution in [0.2, 0.25) is 0 Å². The number of morpholine rings is 1. The van der Waals surface area contributed by atoms with Crippen LogP contribution in [0.1, 0.15) is 42.4 Å². The lowest BCUT2D eigenvalue weighted by Crippen LogP contribution is -2.43. The van der Waals surface area contributed by atoms with Crippen LogP contribution >= 0.6 is 0 Å². The van der Waals surface area contributed by atoms with E-state index in [1.807, 2.05) is 0 Å². The van der Waals surface area contributed by atoms with Gasteiger partial charge in [0, 0.05) is 37.1 Å².